The SMILES string of the molecule is CCCCCCCCCCC(O)c1cc(Cl)ccc1I. The van der Waals surface area contributed by atoms with E-state index in [9.17, 15) is 5.11 Å². The van der Waals surface area contributed by atoms with E-state index < -0.39 is 0 Å². The minimum Gasteiger partial charge on any atom is -0.388 e. The van der Waals surface area contributed by atoms with Gasteiger partial charge in [0.15, 0.2) is 0 Å². The van der Waals surface area contributed by atoms with Crippen molar-refractivity contribution in [2.24, 2.45) is 0 Å². The Balaban J connectivity index is 2.17. The fourth-order valence-electron chi connectivity index (χ4n) is 2.40. The summed E-state index contributed by atoms with van der Waals surface area (Å²) in [6, 6.07) is 5.73. The summed E-state index contributed by atoms with van der Waals surface area (Å²) in [4.78, 5) is 0. The molecule has 0 spiro atoms. The maximum Gasteiger partial charge on any atom is 0.0800 e. The molecule has 0 fully saturated rings. The topological polar surface area (TPSA) is 20.2 Å². The third-order valence-corrected chi connectivity index (χ3v) is 4.87. The van der Waals surface area contributed by atoms with Gasteiger partial charge in [0.1, 0.15) is 0 Å². The van der Waals surface area contributed by atoms with Gasteiger partial charge >= 0.3 is 0 Å². The molecule has 0 bridgehead atoms. The van der Waals surface area contributed by atoms with E-state index in [1.165, 1.54) is 44.9 Å². The molecule has 114 valence electrons. The van der Waals surface area contributed by atoms with Gasteiger partial charge in [-0.05, 0) is 52.8 Å². The lowest BCUT2D eigenvalue weighted by Gasteiger charge is -2.13. The predicted octanol–water partition coefficient (Wildman–Crippen LogP) is 6.51. The van der Waals surface area contributed by atoms with Gasteiger partial charge in [-0.1, -0.05) is 69.9 Å². The number of aliphatic hydroxyl groups excluding tert-OH is 1. The van der Waals surface area contributed by atoms with E-state index in [-0.39, 0.29) is 6.10 Å². The van der Waals surface area contributed by atoms with E-state index in [4.69, 9.17) is 11.6 Å². The van der Waals surface area contributed by atoms with Crippen molar-refractivity contribution in [1.82, 2.24) is 0 Å². The minimum atomic E-state index is -0.374. The molecule has 0 aliphatic heterocycles. The number of unbranched alkanes of at least 4 members (excludes halogenated alkanes) is 7. The van der Waals surface area contributed by atoms with Gasteiger partial charge < -0.3 is 5.11 Å². The highest BCUT2D eigenvalue weighted by atomic mass is 127. The molecule has 1 nitrogen and oxygen atoms in total. The van der Waals surface area contributed by atoms with Crippen molar-refractivity contribution in [1.29, 1.82) is 0 Å². The van der Waals surface area contributed by atoms with Gasteiger partial charge in [-0.3, -0.25) is 0 Å². The summed E-state index contributed by atoms with van der Waals surface area (Å²) in [6.45, 7) is 2.25. The molecule has 1 rings (SSSR count). The third kappa shape index (κ3) is 7.28. The van der Waals surface area contributed by atoms with Crippen LogP contribution in [0.15, 0.2) is 18.2 Å². The largest absolute Gasteiger partial charge is 0.388 e. The Bertz CT molecular complexity index is 381. The monoisotopic (exact) mass is 408 g/mol. The zero-order valence-electron chi connectivity index (χ0n) is 12.4. The molecule has 0 amide bonds. The number of halogens is 2. The summed E-state index contributed by atoms with van der Waals surface area (Å²) in [7, 11) is 0. The van der Waals surface area contributed by atoms with E-state index >= 15 is 0 Å². The molecule has 0 heterocycles. The molecule has 1 aromatic carbocycles. The van der Waals surface area contributed by atoms with Gasteiger partial charge in [-0.2, -0.15) is 0 Å². The number of rotatable bonds is 10. The van der Waals surface area contributed by atoms with Crippen molar-refractivity contribution in [2.45, 2.75) is 70.8 Å². The Morgan fingerprint density at radius 1 is 1.05 bits per heavy atom. The summed E-state index contributed by atoms with van der Waals surface area (Å²) in [5.74, 6) is 0. The lowest BCUT2D eigenvalue weighted by Crippen LogP contribution is -2.00. The minimum absolute atomic E-state index is 0.374. The van der Waals surface area contributed by atoms with E-state index in [1.807, 2.05) is 18.2 Å². The van der Waals surface area contributed by atoms with Gasteiger partial charge in [0.25, 0.3) is 0 Å². The first-order valence-electron chi connectivity index (χ1n) is 7.78. The van der Waals surface area contributed by atoms with E-state index in [2.05, 4.69) is 29.5 Å². The number of benzene rings is 1. The van der Waals surface area contributed by atoms with Gasteiger partial charge in [-0.15, -0.1) is 0 Å². The Hall–Kier alpha value is 0.200. The number of hydrogen-bond acceptors (Lipinski definition) is 1. The first-order valence-corrected chi connectivity index (χ1v) is 9.23. The van der Waals surface area contributed by atoms with Crippen LogP contribution >= 0.6 is 34.2 Å². The van der Waals surface area contributed by atoms with Crippen LogP contribution < -0.4 is 0 Å². The highest BCUT2D eigenvalue weighted by Gasteiger charge is 2.11. The van der Waals surface area contributed by atoms with Crippen molar-refractivity contribution in [2.75, 3.05) is 0 Å². The smallest absolute Gasteiger partial charge is 0.0800 e. The molecule has 0 aromatic heterocycles. The van der Waals surface area contributed by atoms with Crippen LogP contribution in [0.25, 0.3) is 0 Å². The lowest BCUT2D eigenvalue weighted by molar-refractivity contribution is 0.162. The second-order valence-corrected chi connectivity index (χ2v) is 7.04. The lowest BCUT2D eigenvalue weighted by atomic mass is 10.0. The second kappa shape index (κ2) is 10.9. The van der Waals surface area contributed by atoms with Gasteiger partial charge in [-0.25, -0.2) is 0 Å². The number of aliphatic hydroxyl groups is 1. The summed E-state index contributed by atoms with van der Waals surface area (Å²) in [5.41, 5.74) is 0.973. The molecule has 0 aliphatic carbocycles. The fraction of sp³-hybridized carbons (Fsp3) is 0.647. The highest BCUT2D eigenvalue weighted by Crippen LogP contribution is 2.27. The van der Waals surface area contributed by atoms with Crippen molar-refractivity contribution >= 4 is 34.2 Å². The predicted molar refractivity (Wildman–Crippen MR) is 96.4 cm³/mol. The Morgan fingerprint density at radius 2 is 1.65 bits per heavy atom. The Morgan fingerprint density at radius 3 is 2.30 bits per heavy atom. The molecule has 3 heteroatoms. The first kappa shape index (κ1) is 18.2. The third-order valence-electron chi connectivity index (χ3n) is 3.65. The zero-order chi connectivity index (χ0) is 14.8. The molecule has 1 N–H and O–H groups in total. The Labute approximate surface area is 142 Å². The fourth-order valence-corrected chi connectivity index (χ4v) is 3.27. The molecule has 0 saturated heterocycles. The normalized spacial score (nSPS) is 12.6. The van der Waals surface area contributed by atoms with Gasteiger partial charge in [0.2, 0.25) is 0 Å². The van der Waals surface area contributed by atoms with E-state index in [1.54, 1.807) is 0 Å². The van der Waals surface area contributed by atoms with Crippen LogP contribution in [0.2, 0.25) is 5.02 Å². The quantitative estimate of drug-likeness (QED) is 0.345. The van der Waals surface area contributed by atoms with E-state index in [0.29, 0.717) is 5.02 Å². The molecule has 1 unspecified atom stereocenters. The van der Waals surface area contributed by atoms with Crippen molar-refractivity contribution in [3.05, 3.63) is 32.4 Å². The number of hydrogen-bond donors (Lipinski definition) is 1. The first-order chi connectivity index (χ1) is 9.65. The standard InChI is InChI=1S/C17H26ClIO/c1-2-3-4-5-6-7-8-9-10-17(20)15-13-14(18)11-12-16(15)19/h11-13,17,20H,2-10H2,1H3. The average Bonchev–Trinajstić information content (AvgIpc) is 2.44. The molecule has 1 aromatic rings. The van der Waals surface area contributed by atoms with Crippen LogP contribution in [0.1, 0.15) is 76.4 Å². The van der Waals surface area contributed by atoms with Crippen molar-refractivity contribution in [3.8, 4) is 0 Å². The van der Waals surface area contributed by atoms with Crippen LogP contribution in [-0.2, 0) is 0 Å². The zero-order valence-corrected chi connectivity index (χ0v) is 15.3. The molecule has 0 aliphatic rings. The maximum absolute atomic E-state index is 10.2. The van der Waals surface area contributed by atoms with Gasteiger partial charge in [0.05, 0.1) is 6.10 Å². The van der Waals surface area contributed by atoms with Crippen molar-refractivity contribution < 1.29 is 5.11 Å². The van der Waals surface area contributed by atoms with Crippen LogP contribution in [0, 0.1) is 3.57 Å². The Kier molecular flexibility index (Phi) is 9.91. The van der Waals surface area contributed by atoms with Crippen LogP contribution in [0.5, 0.6) is 0 Å². The van der Waals surface area contributed by atoms with Crippen LogP contribution in [0.3, 0.4) is 0 Å². The molecule has 20 heavy (non-hydrogen) atoms. The van der Waals surface area contributed by atoms with Gasteiger partial charge in [0, 0.05) is 8.59 Å². The van der Waals surface area contributed by atoms with Crippen LogP contribution in [-0.4, -0.2) is 5.11 Å². The summed E-state index contributed by atoms with van der Waals surface area (Å²) >= 11 is 8.25. The second-order valence-electron chi connectivity index (χ2n) is 5.45. The highest BCUT2D eigenvalue weighted by molar-refractivity contribution is 14.1. The summed E-state index contributed by atoms with van der Waals surface area (Å²) in [5, 5.41) is 10.9. The van der Waals surface area contributed by atoms with E-state index in [0.717, 1.165) is 22.0 Å². The van der Waals surface area contributed by atoms with Crippen LogP contribution in [0.4, 0.5) is 0 Å². The maximum atomic E-state index is 10.2. The molecule has 0 radical (unpaired) electrons. The molecular formula is C17H26ClIO. The van der Waals surface area contributed by atoms with Crippen molar-refractivity contribution in [3.63, 3.8) is 0 Å². The summed E-state index contributed by atoms with van der Waals surface area (Å²) in [6.07, 6.45) is 10.8. The summed E-state index contributed by atoms with van der Waals surface area (Å²) < 4.78 is 1.10. The average molecular weight is 409 g/mol. The molecular weight excluding hydrogens is 383 g/mol. The molecule has 0 saturated carbocycles. The molecule has 1 atom stereocenters.